The molecule has 0 saturated carbocycles. The third-order valence-electron chi connectivity index (χ3n) is 6.77. The SMILES string of the molecule is O[C@@H](COc1ccc(-c2occ3cc(F)ccc23)cc1)CN1CCN(c2n[nH]c3cc(F)ccc23)CC1. The number of nitrogens with zero attached hydrogens (tertiary/aromatic N) is 3. The number of hydrogen-bond acceptors (Lipinski definition) is 6. The number of β-amino-alcohol motifs (C(OH)–C–C–N with tert-alkyl or cyclic N) is 1. The second-order valence-corrected chi connectivity index (χ2v) is 9.31. The van der Waals surface area contributed by atoms with Crippen LogP contribution in [0.3, 0.4) is 0 Å². The fourth-order valence-electron chi connectivity index (χ4n) is 4.85. The van der Waals surface area contributed by atoms with Crippen molar-refractivity contribution in [1.29, 1.82) is 0 Å². The molecule has 2 N–H and O–H groups in total. The molecule has 1 aliphatic heterocycles. The van der Waals surface area contributed by atoms with Crippen LogP contribution in [0.25, 0.3) is 33.0 Å². The van der Waals surface area contributed by atoms with Gasteiger partial charge < -0.3 is 19.2 Å². The van der Waals surface area contributed by atoms with Gasteiger partial charge in [-0.2, -0.15) is 5.10 Å². The number of aromatic nitrogens is 2. The van der Waals surface area contributed by atoms with Gasteiger partial charge in [0.1, 0.15) is 35.9 Å². The molecule has 0 bridgehead atoms. The number of aliphatic hydroxyl groups excluding tert-OH is 1. The predicted octanol–water partition coefficient (Wildman–Crippen LogP) is 4.82. The largest absolute Gasteiger partial charge is 0.491 e. The van der Waals surface area contributed by atoms with Gasteiger partial charge in [0, 0.05) is 54.4 Å². The van der Waals surface area contributed by atoms with Gasteiger partial charge in [-0.3, -0.25) is 10.00 Å². The first-order valence-corrected chi connectivity index (χ1v) is 12.2. The Kier molecular flexibility index (Phi) is 6.23. The summed E-state index contributed by atoms with van der Waals surface area (Å²) in [5.41, 5.74) is 1.55. The Labute approximate surface area is 211 Å². The molecule has 5 aromatic rings. The van der Waals surface area contributed by atoms with E-state index in [4.69, 9.17) is 9.15 Å². The lowest BCUT2D eigenvalue weighted by Gasteiger charge is -2.35. The van der Waals surface area contributed by atoms with Crippen LogP contribution in [0.2, 0.25) is 0 Å². The monoisotopic (exact) mass is 504 g/mol. The lowest BCUT2D eigenvalue weighted by Crippen LogP contribution is -2.49. The quantitative estimate of drug-likeness (QED) is 0.331. The zero-order valence-corrected chi connectivity index (χ0v) is 20.0. The van der Waals surface area contributed by atoms with Crippen molar-refractivity contribution in [2.24, 2.45) is 0 Å². The van der Waals surface area contributed by atoms with E-state index in [9.17, 15) is 13.9 Å². The lowest BCUT2D eigenvalue weighted by atomic mass is 10.1. The second-order valence-electron chi connectivity index (χ2n) is 9.31. The summed E-state index contributed by atoms with van der Waals surface area (Å²) < 4.78 is 38.4. The summed E-state index contributed by atoms with van der Waals surface area (Å²) in [4.78, 5) is 4.38. The third kappa shape index (κ3) is 4.87. The molecule has 0 aliphatic carbocycles. The first-order chi connectivity index (χ1) is 18.0. The summed E-state index contributed by atoms with van der Waals surface area (Å²) in [5, 5.41) is 20.3. The minimum absolute atomic E-state index is 0.179. The Morgan fingerprint density at radius 2 is 1.68 bits per heavy atom. The van der Waals surface area contributed by atoms with Crippen LogP contribution in [0.1, 0.15) is 0 Å². The van der Waals surface area contributed by atoms with E-state index in [1.165, 1.54) is 24.3 Å². The first kappa shape index (κ1) is 23.4. The van der Waals surface area contributed by atoms with Gasteiger partial charge in [-0.1, -0.05) is 0 Å². The number of furan rings is 1. The van der Waals surface area contributed by atoms with Crippen LogP contribution >= 0.6 is 0 Å². The van der Waals surface area contributed by atoms with E-state index in [1.807, 2.05) is 24.3 Å². The van der Waals surface area contributed by atoms with E-state index in [2.05, 4.69) is 20.0 Å². The maximum atomic E-state index is 13.5. The number of ether oxygens (including phenoxy) is 1. The minimum atomic E-state index is -0.635. The molecule has 190 valence electrons. The summed E-state index contributed by atoms with van der Waals surface area (Å²) >= 11 is 0. The van der Waals surface area contributed by atoms with Gasteiger partial charge in [-0.05, 0) is 60.7 Å². The third-order valence-corrected chi connectivity index (χ3v) is 6.77. The van der Waals surface area contributed by atoms with Crippen molar-refractivity contribution in [2.45, 2.75) is 6.10 Å². The highest BCUT2D eigenvalue weighted by molar-refractivity contribution is 5.94. The highest BCUT2D eigenvalue weighted by atomic mass is 19.1. The number of anilines is 1. The van der Waals surface area contributed by atoms with Crippen molar-refractivity contribution >= 4 is 27.5 Å². The number of piperazine rings is 1. The van der Waals surface area contributed by atoms with E-state index < -0.39 is 6.10 Å². The van der Waals surface area contributed by atoms with Gasteiger partial charge in [-0.25, -0.2) is 8.78 Å². The van der Waals surface area contributed by atoms with Gasteiger partial charge in [0.05, 0.1) is 11.8 Å². The van der Waals surface area contributed by atoms with E-state index in [0.29, 0.717) is 29.0 Å². The highest BCUT2D eigenvalue weighted by Gasteiger charge is 2.22. The number of halogens is 2. The molecule has 3 aromatic carbocycles. The molecule has 0 amide bonds. The number of H-pyrrole nitrogens is 1. The van der Waals surface area contributed by atoms with Crippen molar-refractivity contribution in [3.8, 4) is 17.1 Å². The van der Waals surface area contributed by atoms with Gasteiger partial charge in [0.15, 0.2) is 5.82 Å². The summed E-state index contributed by atoms with van der Waals surface area (Å²) in [6.07, 6.45) is 0.913. The summed E-state index contributed by atoms with van der Waals surface area (Å²) in [6.45, 7) is 3.77. The maximum absolute atomic E-state index is 13.5. The zero-order chi connectivity index (χ0) is 25.4. The van der Waals surface area contributed by atoms with Crippen LogP contribution in [0, 0.1) is 11.6 Å². The number of aromatic amines is 1. The summed E-state index contributed by atoms with van der Waals surface area (Å²) in [7, 11) is 0. The Morgan fingerprint density at radius 3 is 2.46 bits per heavy atom. The molecule has 6 rings (SSSR count). The van der Waals surface area contributed by atoms with Crippen molar-refractivity contribution in [1.82, 2.24) is 15.1 Å². The zero-order valence-electron chi connectivity index (χ0n) is 20.0. The number of benzene rings is 3. The Bertz CT molecular complexity index is 1520. The smallest absolute Gasteiger partial charge is 0.158 e. The van der Waals surface area contributed by atoms with Gasteiger partial charge >= 0.3 is 0 Å². The van der Waals surface area contributed by atoms with E-state index in [0.717, 1.165) is 48.3 Å². The Balaban J connectivity index is 1.000. The molecular formula is C28H26F2N4O3. The summed E-state index contributed by atoms with van der Waals surface area (Å²) in [6, 6.07) is 16.7. The predicted molar refractivity (Wildman–Crippen MR) is 138 cm³/mol. The van der Waals surface area contributed by atoms with Crippen molar-refractivity contribution < 1.29 is 23.0 Å². The Morgan fingerprint density at radius 1 is 0.946 bits per heavy atom. The molecule has 9 heteroatoms. The molecule has 37 heavy (non-hydrogen) atoms. The molecule has 0 spiro atoms. The second kappa shape index (κ2) is 9.84. The number of fused-ring (bicyclic) bond motifs is 2. The standard InChI is InChI=1S/C28H26F2N4O3/c29-20-3-7-24-19(13-20)16-37-27(24)18-1-5-23(6-2-18)36-17-22(35)15-33-9-11-34(12-10-33)28-25-8-4-21(30)14-26(25)31-32-28/h1-8,13-14,16,22,35H,9-12,15,17H2,(H,31,32)/t22-/m1/s1. The van der Waals surface area contributed by atoms with E-state index in [-0.39, 0.29) is 18.2 Å². The van der Waals surface area contributed by atoms with Crippen LogP contribution in [-0.4, -0.2) is 65.6 Å². The molecule has 1 aliphatic rings. The number of hydrogen-bond donors (Lipinski definition) is 2. The van der Waals surface area contributed by atoms with Gasteiger partial charge in [0.2, 0.25) is 0 Å². The van der Waals surface area contributed by atoms with Crippen molar-refractivity contribution in [2.75, 3.05) is 44.2 Å². The lowest BCUT2D eigenvalue weighted by molar-refractivity contribution is 0.0663. The van der Waals surface area contributed by atoms with Crippen molar-refractivity contribution in [3.63, 3.8) is 0 Å². The number of nitrogens with one attached hydrogen (secondary N) is 1. The van der Waals surface area contributed by atoms with Crippen LogP contribution < -0.4 is 9.64 Å². The normalized spacial score (nSPS) is 15.5. The fraction of sp³-hybridized carbons (Fsp3) is 0.250. The molecule has 0 radical (unpaired) electrons. The molecule has 7 nitrogen and oxygen atoms in total. The molecule has 1 fully saturated rings. The first-order valence-electron chi connectivity index (χ1n) is 12.2. The maximum Gasteiger partial charge on any atom is 0.158 e. The molecular weight excluding hydrogens is 478 g/mol. The molecule has 0 unspecified atom stereocenters. The van der Waals surface area contributed by atoms with Crippen LogP contribution in [0.15, 0.2) is 71.3 Å². The molecule has 1 atom stereocenters. The van der Waals surface area contributed by atoms with Crippen LogP contribution in [-0.2, 0) is 0 Å². The minimum Gasteiger partial charge on any atom is -0.491 e. The van der Waals surface area contributed by atoms with Crippen LogP contribution in [0.4, 0.5) is 14.6 Å². The average Bonchev–Trinajstić information content (AvgIpc) is 3.52. The molecule has 1 saturated heterocycles. The highest BCUT2D eigenvalue weighted by Crippen LogP contribution is 2.32. The molecule has 2 aromatic heterocycles. The van der Waals surface area contributed by atoms with E-state index >= 15 is 0 Å². The van der Waals surface area contributed by atoms with E-state index in [1.54, 1.807) is 18.4 Å². The molecule has 3 heterocycles. The fourth-order valence-corrected chi connectivity index (χ4v) is 4.85. The Hall–Kier alpha value is -3.95. The topological polar surface area (TPSA) is 77.8 Å². The average molecular weight is 505 g/mol. The number of rotatable bonds is 7. The van der Waals surface area contributed by atoms with Gasteiger partial charge in [0.25, 0.3) is 0 Å². The van der Waals surface area contributed by atoms with Crippen LogP contribution in [0.5, 0.6) is 5.75 Å². The van der Waals surface area contributed by atoms with Crippen molar-refractivity contribution in [3.05, 3.63) is 78.6 Å². The van der Waals surface area contributed by atoms with Gasteiger partial charge in [-0.15, -0.1) is 0 Å². The number of aliphatic hydroxyl groups is 1. The summed E-state index contributed by atoms with van der Waals surface area (Å²) in [5.74, 6) is 1.57.